The Hall–Kier alpha value is -3.40. The van der Waals surface area contributed by atoms with Gasteiger partial charge in [-0.1, -0.05) is 12.0 Å². The highest BCUT2D eigenvalue weighted by atomic mass is 32.2. The number of hydrogen-bond donors (Lipinski definition) is 3. The standard InChI is InChI=1S/C26H29F3N4O4S/c1-17-13-18(10-12-37-17)32-22-6-3-7-24-21(22)14-19(33(24)16-26(27,28)29)5-4-11-31-23-9-8-20(38(30,34)35)15-25(23)36-2/h3,6-9,14-15,17-18,31-32H,10-13,16H2,1-2H3,(H2,30,34,35)/t17-,18-/m0/s1. The van der Waals surface area contributed by atoms with Gasteiger partial charge in [0.05, 0.1) is 41.6 Å². The highest BCUT2D eigenvalue weighted by molar-refractivity contribution is 7.89. The Labute approximate surface area is 219 Å². The van der Waals surface area contributed by atoms with Crippen LogP contribution in [0.15, 0.2) is 47.4 Å². The second kappa shape index (κ2) is 11.1. The van der Waals surface area contributed by atoms with E-state index in [1.54, 1.807) is 18.2 Å². The zero-order valence-corrected chi connectivity index (χ0v) is 21.7. The fourth-order valence-corrected chi connectivity index (χ4v) is 5.01. The molecule has 0 saturated carbocycles. The van der Waals surface area contributed by atoms with E-state index in [-0.39, 0.29) is 35.0 Å². The quantitative estimate of drug-likeness (QED) is 0.379. The molecule has 4 N–H and O–H groups in total. The first-order valence-corrected chi connectivity index (χ1v) is 13.5. The summed E-state index contributed by atoms with van der Waals surface area (Å²) in [6, 6.07) is 11.1. The maximum absolute atomic E-state index is 13.5. The van der Waals surface area contributed by atoms with Gasteiger partial charge in [-0.15, -0.1) is 0 Å². The molecule has 0 unspecified atom stereocenters. The van der Waals surface area contributed by atoms with E-state index < -0.39 is 22.7 Å². The van der Waals surface area contributed by atoms with Gasteiger partial charge in [0.15, 0.2) is 0 Å². The molecule has 2 atom stereocenters. The fourth-order valence-electron chi connectivity index (χ4n) is 4.48. The molecular formula is C26H29F3N4O4S. The minimum atomic E-state index is -4.43. The third kappa shape index (κ3) is 6.72. The number of rotatable bonds is 7. The monoisotopic (exact) mass is 550 g/mol. The average Bonchev–Trinajstić information content (AvgIpc) is 3.18. The van der Waals surface area contributed by atoms with Crippen molar-refractivity contribution in [2.45, 2.75) is 49.5 Å². The Bertz CT molecular complexity index is 1480. The smallest absolute Gasteiger partial charge is 0.406 e. The first-order chi connectivity index (χ1) is 17.9. The number of anilines is 2. The third-order valence-electron chi connectivity index (χ3n) is 6.21. The molecule has 1 saturated heterocycles. The molecule has 2 heterocycles. The highest BCUT2D eigenvalue weighted by Gasteiger charge is 2.30. The summed E-state index contributed by atoms with van der Waals surface area (Å²) in [6.07, 6.45) is -2.71. The van der Waals surface area contributed by atoms with Crippen molar-refractivity contribution >= 4 is 32.3 Å². The molecule has 1 aromatic heterocycles. The number of ether oxygens (including phenoxy) is 2. The molecule has 2 aromatic carbocycles. The van der Waals surface area contributed by atoms with Gasteiger partial charge in [0.25, 0.3) is 0 Å². The van der Waals surface area contributed by atoms with Crippen molar-refractivity contribution in [2.75, 3.05) is 30.9 Å². The van der Waals surface area contributed by atoms with E-state index in [4.69, 9.17) is 14.6 Å². The Morgan fingerprint density at radius 2 is 2.00 bits per heavy atom. The van der Waals surface area contributed by atoms with Crippen LogP contribution < -0.4 is 20.5 Å². The summed E-state index contributed by atoms with van der Waals surface area (Å²) < 4.78 is 75.6. The van der Waals surface area contributed by atoms with Crippen LogP contribution in [0.1, 0.15) is 25.5 Å². The van der Waals surface area contributed by atoms with Crippen LogP contribution in [0, 0.1) is 11.8 Å². The minimum Gasteiger partial charge on any atom is -0.495 e. The van der Waals surface area contributed by atoms with E-state index in [0.717, 1.165) is 18.5 Å². The molecule has 0 spiro atoms. The average molecular weight is 551 g/mol. The molecular weight excluding hydrogens is 521 g/mol. The highest BCUT2D eigenvalue weighted by Crippen LogP contribution is 2.32. The number of nitrogens with two attached hydrogens (primary N) is 1. The first kappa shape index (κ1) is 27.6. The van der Waals surface area contributed by atoms with Gasteiger partial charge in [0.2, 0.25) is 10.0 Å². The largest absolute Gasteiger partial charge is 0.495 e. The maximum atomic E-state index is 13.5. The summed E-state index contributed by atoms with van der Waals surface area (Å²) in [5, 5.41) is 12.3. The van der Waals surface area contributed by atoms with E-state index in [2.05, 4.69) is 22.5 Å². The van der Waals surface area contributed by atoms with Crippen molar-refractivity contribution in [1.29, 1.82) is 0 Å². The number of aromatic nitrogens is 1. The SMILES string of the molecule is COc1cc(S(N)(=O)=O)ccc1NCC#Cc1cc2c(N[C@H]3CCO[C@@H](C)C3)cccc2n1CC(F)(F)F. The summed E-state index contributed by atoms with van der Waals surface area (Å²) in [4.78, 5) is -0.109. The Balaban J connectivity index is 1.60. The molecule has 1 fully saturated rings. The van der Waals surface area contributed by atoms with Crippen LogP contribution in [0.2, 0.25) is 0 Å². The summed E-state index contributed by atoms with van der Waals surface area (Å²) >= 11 is 0. The van der Waals surface area contributed by atoms with Gasteiger partial charge in [0, 0.05) is 29.8 Å². The fraction of sp³-hybridized carbons (Fsp3) is 0.385. The second-order valence-electron chi connectivity index (χ2n) is 9.08. The van der Waals surface area contributed by atoms with Crippen LogP contribution in [0.5, 0.6) is 5.75 Å². The predicted molar refractivity (Wildman–Crippen MR) is 140 cm³/mol. The molecule has 0 bridgehead atoms. The van der Waals surface area contributed by atoms with Crippen molar-refractivity contribution in [3.05, 3.63) is 48.2 Å². The topological polar surface area (TPSA) is 108 Å². The van der Waals surface area contributed by atoms with Crippen LogP contribution in [0.25, 0.3) is 10.9 Å². The number of alkyl halides is 3. The van der Waals surface area contributed by atoms with Gasteiger partial charge in [-0.3, -0.25) is 0 Å². The molecule has 204 valence electrons. The molecule has 1 aliphatic rings. The normalized spacial score (nSPS) is 18.1. The molecule has 8 nitrogen and oxygen atoms in total. The van der Waals surface area contributed by atoms with Crippen LogP contribution in [0.4, 0.5) is 24.5 Å². The Kier molecular flexibility index (Phi) is 8.10. The number of sulfonamides is 1. The van der Waals surface area contributed by atoms with Gasteiger partial charge in [-0.05, 0) is 56.0 Å². The van der Waals surface area contributed by atoms with E-state index in [0.29, 0.717) is 23.2 Å². The number of primary sulfonamides is 1. The van der Waals surface area contributed by atoms with E-state index in [1.807, 2.05) is 13.0 Å². The van der Waals surface area contributed by atoms with Crippen LogP contribution in [-0.2, 0) is 21.3 Å². The lowest BCUT2D eigenvalue weighted by Crippen LogP contribution is -2.32. The predicted octanol–water partition coefficient (Wildman–Crippen LogP) is 4.30. The molecule has 3 aromatic rings. The second-order valence-corrected chi connectivity index (χ2v) is 10.6. The zero-order valence-electron chi connectivity index (χ0n) is 20.9. The lowest BCUT2D eigenvalue weighted by Gasteiger charge is -2.29. The van der Waals surface area contributed by atoms with E-state index in [9.17, 15) is 21.6 Å². The Morgan fingerprint density at radius 3 is 2.68 bits per heavy atom. The zero-order chi connectivity index (χ0) is 27.5. The van der Waals surface area contributed by atoms with Gasteiger partial charge < -0.3 is 24.7 Å². The molecule has 0 aliphatic carbocycles. The van der Waals surface area contributed by atoms with Gasteiger partial charge in [0.1, 0.15) is 12.3 Å². The van der Waals surface area contributed by atoms with E-state index >= 15 is 0 Å². The first-order valence-electron chi connectivity index (χ1n) is 12.0. The number of fused-ring (bicyclic) bond motifs is 1. The minimum absolute atomic E-state index is 0.0731. The van der Waals surface area contributed by atoms with Crippen molar-refractivity contribution in [1.82, 2.24) is 4.57 Å². The molecule has 1 aliphatic heterocycles. The third-order valence-corrected chi connectivity index (χ3v) is 7.12. The molecule has 0 amide bonds. The molecule has 0 radical (unpaired) electrons. The number of methoxy groups -OCH3 is 1. The summed E-state index contributed by atoms with van der Waals surface area (Å²) in [5.41, 5.74) is 1.88. The number of nitrogens with one attached hydrogen (secondary N) is 2. The van der Waals surface area contributed by atoms with Crippen molar-refractivity contribution in [2.24, 2.45) is 5.14 Å². The van der Waals surface area contributed by atoms with Crippen molar-refractivity contribution in [3.8, 4) is 17.6 Å². The van der Waals surface area contributed by atoms with Gasteiger partial charge in [-0.25, -0.2) is 13.6 Å². The van der Waals surface area contributed by atoms with Crippen LogP contribution in [-0.4, -0.2) is 51.6 Å². The number of benzene rings is 2. The number of nitrogens with zero attached hydrogens (tertiary/aromatic N) is 1. The molecule has 38 heavy (non-hydrogen) atoms. The van der Waals surface area contributed by atoms with Gasteiger partial charge >= 0.3 is 6.18 Å². The molecule has 12 heteroatoms. The summed E-state index contributed by atoms with van der Waals surface area (Å²) in [5.74, 6) is 5.95. The van der Waals surface area contributed by atoms with E-state index in [1.165, 1.54) is 29.9 Å². The van der Waals surface area contributed by atoms with Crippen molar-refractivity contribution in [3.63, 3.8) is 0 Å². The van der Waals surface area contributed by atoms with Gasteiger partial charge in [-0.2, -0.15) is 13.2 Å². The lowest BCUT2D eigenvalue weighted by atomic mass is 10.0. The lowest BCUT2D eigenvalue weighted by molar-refractivity contribution is -0.140. The Morgan fingerprint density at radius 1 is 1.21 bits per heavy atom. The maximum Gasteiger partial charge on any atom is 0.406 e. The van der Waals surface area contributed by atoms with Crippen molar-refractivity contribution < 1.29 is 31.1 Å². The van der Waals surface area contributed by atoms with Crippen LogP contribution in [0.3, 0.4) is 0 Å². The number of halogens is 3. The van der Waals surface area contributed by atoms with Crippen LogP contribution >= 0.6 is 0 Å². The number of hydrogen-bond acceptors (Lipinski definition) is 6. The molecule has 4 rings (SSSR count). The summed E-state index contributed by atoms with van der Waals surface area (Å²) in [7, 11) is -2.53. The summed E-state index contributed by atoms with van der Waals surface area (Å²) in [6.45, 7) is 1.53.